The van der Waals surface area contributed by atoms with E-state index in [2.05, 4.69) is 20.7 Å². The maximum Gasteiger partial charge on any atom is 0.279 e. The summed E-state index contributed by atoms with van der Waals surface area (Å²) in [6.07, 6.45) is 0.910. The molecule has 2 heterocycles. The third kappa shape index (κ3) is 6.29. The zero-order valence-electron chi connectivity index (χ0n) is 21.5. The number of aliphatic hydroxyl groups is 1. The first-order valence-corrected chi connectivity index (χ1v) is 12.8. The highest BCUT2D eigenvalue weighted by Crippen LogP contribution is 2.41. The van der Waals surface area contributed by atoms with Gasteiger partial charge in [0.2, 0.25) is 5.88 Å². The van der Waals surface area contributed by atoms with Crippen molar-refractivity contribution in [3.63, 3.8) is 0 Å². The van der Waals surface area contributed by atoms with Crippen LogP contribution < -0.4 is 20.9 Å². The number of hydrogen-bond acceptors (Lipinski definition) is 7. The fourth-order valence-corrected chi connectivity index (χ4v) is 4.59. The molecule has 2 aromatic carbocycles. The number of rotatable bonds is 9. The molecular formula is C28H27Cl2N5O4. The van der Waals surface area contributed by atoms with Crippen molar-refractivity contribution >= 4 is 34.8 Å². The molecule has 202 valence electrons. The predicted molar refractivity (Wildman–Crippen MR) is 152 cm³/mol. The van der Waals surface area contributed by atoms with E-state index in [0.717, 1.165) is 10.2 Å². The Kier molecular flexibility index (Phi) is 8.98. The van der Waals surface area contributed by atoms with Crippen LogP contribution in [-0.4, -0.2) is 45.5 Å². The van der Waals surface area contributed by atoms with Crippen LogP contribution in [0.5, 0.6) is 5.88 Å². The summed E-state index contributed by atoms with van der Waals surface area (Å²) >= 11 is 13.6. The summed E-state index contributed by atoms with van der Waals surface area (Å²) in [5.41, 5.74) is 3.09. The van der Waals surface area contributed by atoms with Gasteiger partial charge in [0.15, 0.2) is 0 Å². The lowest BCUT2D eigenvalue weighted by atomic mass is 10.00. The summed E-state index contributed by atoms with van der Waals surface area (Å²) < 4.78 is 6.58. The number of aliphatic hydroxyl groups excluding tert-OH is 1. The van der Waals surface area contributed by atoms with Crippen LogP contribution in [0, 0.1) is 0 Å². The molecule has 0 bridgehead atoms. The van der Waals surface area contributed by atoms with Gasteiger partial charge >= 0.3 is 0 Å². The summed E-state index contributed by atoms with van der Waals surface area (Å²) in [4.78, 5) is 29.8. The van der Waals surface area contributed by atoms with Gasteiger partial charge in [-0.1, -0.05) is 59.6 Å². The number of anilines is 1. The van der Waals surface area contributed by atoms with Gasteiger partial charge in [-0.2, -0.15) is 5.10 Å². The Morgan fingerprint density at radius 2 is 1.74 bits per heavy atom. The molecule has 4 aromatic rings. The van der Waals surface area contributed by atoms with E-state index in [1.807, 2.05) is 30.3 Å². The highest BCUT2D eigenvalue weighted by atomic mass is 35.5. The highest BCUT2D eigenvalue weighted by Gasteiger charge is 2.19. The van der Waals surface area contributed by atoms with Gasteiger partial charge in [0.05, 0.1) is 34.6 Å². The highest BCUT2D eigenvalue weighted by molar-refractivity contribution is 6.39. The molecule has 0 aliphatic carbocycles. The second-order valence-electron chi connectivity index (χ2n) is 8.81. The monoisotopic (exact) mass is 567 g/mol. The number of halogens is 2. The maximum atomic E-state index is 12.8. The van der Waals surface area contributed by atoms with Crippen LogP contribution in [0.15, 0.2) is 65.6 Å². The van der Waals surface area contributed by atoms with Crippen LogP contribution in [0.1, 0.15) is 22.8 Å². The van der Waals surface area contributed by atoms with Crippen LogP contribution in [0.3, 0.4) is 0 Å². The van der Waals surface area contributed by atoms with Gasteiger partial charge in [0.1, 0.15) is 5.56 Å². The van der Waals surface area contributed by atoms with E-state index in [0.29, 0.717) is 52.1 Å². The number of carbonyl (C=O) groups is 1. The number of aryl methyl sites for hydroxylation is 1. The molecule has 1 amide bonds. The van der Waals surface area contributed by atoms with Crippen LogP contribution in [0.2, 0.25) is 10.0 Å². The molecule has 2 aromatic heterocycles. The lowest BCUT2D eigenvalue weighted by Crippen LogP contribution is -2.28. The largest absolute Gasteiger partial charge is 0.481 e. The number of nitrogens with zero attached hydrogens (tertiary/aromatic N) is 3. The molecule has 3 N–H and O–H groups in total. The second-order valence-corrected chi connectivity index (χ2v) is 9.56. The smallest absolute Gasteiger partial charge is 0.279 e. The minimum absolute atomic E-state index is 0.0569. The van der Waals surface area contributed by atoms with Gasteiger partial charge in [-0.25, -0.2) is 9.67 Å². The third-order valence-corrected chi connectivity index (χ3v) is 6.76. The van der Waals surface area contributed by atoms with Crippen molar-refractivity contribution in [2.75, 3.05) is 19.0 Å². The molecule has 39 heavy (non-hydrogen) atoms. The van der Waals surface area contributed by atoms with E-state index >= 15 is 0 Å². The number of ether oxygens (including phenoxy) is 1. The van der Waals surface area contributed by atoms with E-state index in [-0.39, 0.29) is 10.6 Å². The van der Waals surface area contributed by atoms with Crippen molar-refractivity contribution in [3.8, 4) is 28.3 Å². The van der Waals surface area contributed by atoms with E-state index in [4.69, 9.17) is 27.9 Å². The topological polar surface area (TPSA) is 118 Å². The molecule has 0 saturated carbocycles. The molecule has 0 aliphatic rings. The van der Waals surface area contributed by atoms with E-state index < -0.39 is 17.6 Å². The lowest BCUT2D eigenvalue weighted by Gasteiger charge is -2.15. The van der Waals surface area contributed by atoms with Crippen molar-refractivity contribution in [1.82, 2.24) is 20.1 Å². The molecule has 1 atom stereocenters. The summed E-state index contributed by atoms with van der Waals surface area (Å²) in [5, 5.41) is 19.9. The van der Waals surface area contributed by atoms with Crippen LogP contribution in [0.4, 0.5) is 5.69 Å². The fraction of sp³-hybridized carbons (Fsp3) is 0.214. The van der Waals surface area contributed by atoms with Crippen LogP contribution in [-0.2, 0) is 13.6 Å². The first-order chi connectivity index (χ1) is 18.7. The van der Waals surface area contributed by atoms with E-state index in [9.17, 15) is 14.7 Å². The number of pyridine rings is 1. The minimum Gasteiger partial charge on any atom is -0.481 e. The minimum atomic E-state index is -0.601. The normalized spacial score (nSPS) is 11.7. The van der Waals surface area contributed by atoms with Crippen LogP contribution >= 0.6 is 23.2 Å². The zero-order valence-corrected chi connectivity index (χ0v) is 23.0. The van der Waals surface area contributed by atoms with Crippen molar-refractivity contribution in [3.05, 3.63) is 92.3 Å². The van der Waals surface area contributed by atoms with Crippen molar-refractivity contribution in [1.29, 1.82) is 0 Å². The second kappa shape index (κ2) is 12.4. The standard InChI is InChI=1S/C28H27Cl2N5O4/c1-16(36)14-31-15-17-10-11-22(34-27(17)39-3)20-8-4-6-18(24(20)29)19-7-5-9-23(25(19)30)33-26(37)21-12-13-32-35(2)28(21)38/h4-13,16,31,36H,14-15H2,1-3H3,(H,33,37)/t16-/m0/s1. The Hall–Kier alpha value is -3.76. The fourth-order valence-electron chi connectivity index (χ4n) is 3.99. The van der Waals surface area contributed by atoms with Gasteiger partial charge in [-0.3, -0.25) is 9.59 Å². The molecular weight excluding hydrogens is 541 g/mol. The van der Waals surface area contributed by atoms with Crippen molar-refractivity contribution in [2.24, 2.45) is 7.05 Å². The molecule has 0 fully saturated rings. The lowest BCUT2D eigenvalue weighted by molar-refractivity contribution is 0.102. The molecule has 0 saturated heterocycles. The Balaban J connectivity index is 1.66. The van der Waals surface area contributed by atoms with E-state index in [1.165, 1.54) is 19.3 Å². The molecule has 0 radical (unpaired) electrons. The van der Waals surface area contributed by atoms with Gasteiger partial charge in [-0.05, 0) is 25.1 Å². The molecule has 0 unspecified atom stereocenters. The first kappa shape index (κ1) is 28.3. The molecule has 11 heteroatoms. The van der Waals surface area contributed by atoms with Gasteiger partial charge in [0, 0.05) is 48.6 Å². The summed E-state index contributed by atoms with van der Waals surface area (Å²) in [7, 11) is 3.01. The quantitative estimate of drug-likeness (QED) is 0.271. The molecule has 0 aliphatic heterocycles. The van der Waals surface area contributed by atoms with Gasteiger partial charge in [-0.15, -0.1) is 0 Å². The van der Waals surface area contributed by atoms with Gasteiger partial charge < -0.3 is 20.5 Å². The number of nitrogens with one attached hydrogen (secondary N) is 2. The molecule has 4 rings (SSSR count). The summed E-state index contributed by atoms with van der Waals surface area (Å²) in [5.74, 6) is -0.159. The predicted octanol–water partition coefficient (Wildman–Crippen LogP) is 4.55. The third-order valence-electron chi connectivity index (χ3n) is 5.95. The van der Waals surface area contributed by atoms with E-state index in [1.54, 1.807) is 32.2 Å². The Bertz CT molecular complexity index is 1570. The SMILES string of the molecule is COc1nc(-c2cccc(-c3cccc(NC(=O)c4ccnn(C)c4=O)c3Cl)c2Cl)ccc1CNC[C@H](C)O. The molecule has 0 spiro atoms. The number of carbonyl (C=O) groups excluding carboxylic acids is 1. The van der Waals surface area contributed by atoms with Crippen molar-refractivity contribution < 1.29 is 14.6 Å². The summed E-state index contributed by atoms with van der Waals surface area (Å²) in [6, 6.07) is 15.8. The average Bonchev–Trinajstić information content (AvgIpc) is 2.91. The van der Waals surface area contributed by atoms with Crippen LogP contribution in [0.25, 0.3) is 22.4 Å². The first-order valence-electron chi connectivity index (χ1n) is 12.1. The average molecular weight is 568 g/mol. The number of amides is 1. The number of hydrogen-bond donors (Lipinski definition) is 3. The Morgan fingerprint density at radius 3 is 2.46 bits per heavy atom. The Morgan fingerprint density at radius 1 is 1.05 bits per heavy atom. The maximum absolute atomic E-state index is 12.8. The number of benzene rings is 2. The molecule has 9 nitrogen and oxygen atoms in total. The number of methoxy groups -OCH3 is 1. The van der Waals surface area contributed by atoms with Gasteiger partial charge in [0.25, 0.3) is 11.5 Å². The van der Waals surface area contributed by atoms with Crippen molar-refractivity contribution in [2.45, 2.75) is 19.6 Å². The summed E-state index contributed by atoms with van der Waals surface area (Å²) in [6.45, 7) is 2.63. The number of aromatic nitrogens is 3. The Labute approximate surface area is 235 Å². The zero-order chi connectivity index (χ0) is 28.1.